The monoisotopic (exact) mass is 322 g/mol. The van der Waals surface area contributed by atoms with Gasteiger partial charge >= 0.3 is 0 Å². The molecule has 0 fully saturated rings. The Morgan fingerprint density at radius 1 is 1.29 bits per heavy atom. The molecule has 2 N–H and O–H groups in total. The molecule has 3 rings (SSSR count). The molecule has 0 aliphatic rings. The summed E-state index contributed by atoms with van der Waals surface area (Å²) in [5.41, 5.74) is 3.92. The molecule has 0 saturated heterocycles. The van der Waals surface area contributed by atoms with Gasteiger partial charge in [0.15, 0.2) is 0 Å². The number of amides is 1. The molecule has 0 atom stereocenters. The highest BCUT2D eigenvalue weighted by molar-refractivity contribution is 5.92. The largest absolute Gasteiger partial charge is 0.295 e. The number of hydrogen-bond acceptors (Lipinski definition) is 5. The zero-order chi connectivity index (χ0) is 16.9. The number of H-pyrrole nitrogens is 1. The van der Waals surface area contributed by atoms with Crippen LogP contribution in [0, 0.1) is 6.92 Å². The van der Waals surface area contributed by atoms with Gasteiger partial charge in [-0.2, -0.15) is 5.10 Å². The molecule has 1 aromatic carbocycles. The minimum absolute atomic E-state index is 0.141. The summed E-state index contributed by atoms with van der Waals surface area (Å²) < 4.78 is 1.42. The molecule has 0 spiro atoms. The fourth-order valence-electron chi connectivity index (χ4n) is 2.10. The van der Waals surface area contributed by atoms with Gasteiger partial charge < -0.3 is 0 Å². The molecular formula is C16H14N6O2. The number of benzene rings is 1. The first kappa shape index (κ1) is 15.3. The lowest BCUT2D eigenvalue weighted by molar-refractivity contribution is 0.0949. The van der Waals surface area contributed by atoms with Crippen molar-refractivity contribution in [3.8, 4) is 5.69 Å². The topological polar surface area (TPSA) is 105 Å². The Bertz CT molecular complexity index is 928. The smallest absolute Gasteiger partial charge is 0.291 e. The van der Waals surface area contributed by atoms with Gasteiger partial charge in [-0.3, -0.25) is 19.7 Å². The van der Waals surface area contributed by atoms with Crippen molar-refractivity contribution >= 4 is 12.1 Å². The number of para-hydroxylation sites is 1. The molecule has 0 aliphatic heterocycles. The van der Waals surface area contributed by atoms with Crippen LogP contribution in [0.4, 0.5) is 0 Å². The van der Waals surface area contributed by atoms with E-state index in [1.54, 1.807) is 6.92 Å². The van der Waals surface area contributed by atoms with Crippen molar-refractivity contribution < 1.29 is 4.79 Å². The number of hydrazone groups is 1. The minimum Gasteiger partial charge on any atom is -0.295 e. The molecule has 8 nitrogen and oxygen atoms in total. The maximum absolute atomic E-state index is 12.4. The number of nitrogens with zero attached hydrogens (tertiary/aromatic N) is 4. The van der Waals surface area contributed by atoms with Gasteiger partial charge in [-0.05, 0) is 19.1 Å². The standard InChI is InChI=1S/C16H14N6O2/c1-11-13(9-19-20-15(23)14-10-17-7-8-18-14)16(24)22(21-11)12-5-3-2-4-6-12/h2-10,21H,1H3,(H,20,23)/b19-9-. The zero-order valence-electron chi connectivity index (χ0n) is 12.8. The van der Waals surface area contributed by atoms with E-state index in [1.807, 2.05) is 30.3 Å². The Kier molecular flexibility index (Phi) is 4.28. The number of aromatic amines is 1. The molecular weight excluding hydrogens is 308 g/mol. The summed E-state index contributed by atoms with van der Waals surface area (Å²) in [6, 6.07) is 9.18. The lowest BCUT2D eigenvalue weighted by Gasteiger charge is -1.99. The Morgan fingerprint density at radius 3 is 2.79 bits per heavy atom. The zero-order valence-corrected chi connectivity index (χ0v) is 12.8. The first-order valence-corrected chi connectivity index (χ1v) is 7.13. The van der Waals surface area contributed by atoms with E-state index < -0.39 is 5.91 Å². The number of rotatable bonds is 4. The second-order valence-corrected chi connectivity index (χ2v) is 4.92. The van der Waals surface area contributed by atoms with Gasteiger partial charge in [0, 0.05) is 18.1 Å². The van der Waals surface area contributed by atoms with Gasteiger partial charge in [0.1, 0.15) is 5.69 Å². The maximum atomic E-state index is 12.4. The second-order valence-electron chi connectivity index (χ2n) is 4.92. The van der Waals surface area contributed by atoms with Crippen LogP contribution < -0.4 is 11.0 Å². The van der Waals surface area contributed by atoms with E-state index in [0.717, 1.165) is 0 Å². The second kappa shape index (κ2) is 6.69. The first-order valence-electron chi connectivity index (χ1n) is 7.13. The van der Waals surface area contributed by atoms with Gasteiger partial charge in [-0.15, -0.1) is 0 Å². The average molecular weight is 322 g/mol. The molecule has 0 bridgehead atoms. The van der Waals surface area contributed by atoms with Gasteiger partial charge in [0.25, 0.3) is 11.5 Å². The molecule has 1 amide bonds. The van der Waals surface area contributed by atoms with E-state index in [1.165, 1.54) is 29.5 Å². The van der Waals surface area contributed by atoms with Crippen LogP contribution in [-0.4, -0.2) is 31.9 Å². The highest BCUT2D eigenvalue weighted by Crippen LogP contribution is 2.05. The number of hydrogen-bond donors (Lipinski definition) is 2. The molecule has 2 heterocycles. The Labute approximate surface area is 136 Å². The van der Waals surface area contributed by atoms with E-state index in [0.29, 0.717) is 16.9 Å². The normalized spacial score (nSPS) is 10.9. The van der Waals surface area contributed by atoms with E-state index >= 15 is 0 Å². The predicted octanol–water partition coefficient (Wildman–Crippen LogP) is 1.03. The van der Waals surface area contributed by atoms with Crippen LogP contribution in [-0.2, 0) is 0 Å². The Morgan fingerprint density at radius 2 is 2.08 bits per heavy atom. The summed E-state index contributed by atoms with van der Waals surface area (Å²) in [6.45, 7) is 1.76. The summed E-state index contributed by atoms with van der Waals surface area (Å²) in [7, 11) is 0. The predicted molar refractivity (Wildman–Crippen MR) is 88.2 cm³/mol. The van der Waals surface area contributed by atoms with Crippen LogP contribution in [0.3, 0.4) is 0 Å². The molecule has 8 heteroatoms. The van der Waals surface area contributed by atoms with Crippen molar-refractivity contribution in [2.45, 2.75) is 6.92 Å². The fraction of sp³-hybridized carbons (Fsp3) is 0.0625. The number of carbonyl (C=O) groups is 1. The summed E-state index contributed by atoms with van der Waals surface area (Å²) >= 11 is 0. The highest BCUT2D eigenvalue weighted by Gasteiger charge is 2.11. The van der Waals surface area contributed by atoms with Crippen molar-refractivity contribution in [3.05, 3.63) is 76.2 Å². The van der Waals surface area contributed by atoms with E-state index in [9.17, 15) is 9.59 Å². The lowest BCUT2D eigenvalue weighted by atomic mass is 10.3. The van der Waals surface area contributed by atoms with Crippen molar-refractivity contribution in [2.24, 2.45) is 5.10 Å². The number of aryl methyl sites for hydroxylation is 1. The summed E-state index contributed by atoms with van der Waals surface area (Å²) in [4.78, 5) is 31.9. The third-order valence-electron chi connectivity index (χ3n) is 3.29. The molecule has 120 valence electrons. The van der Waals surface area contributed by atoms with Crippen LogP contribution in [0.5, 0.6) is 0 Å². The third kappa shape index (κ3) is 3.12. The van der Waals surface area contributed by atoms with E-state index in [4.69, 9.17) is 0 Å². The van der Waals surface area contributed by atoms with Crippen LogP contribution in [0.15, 0.2) is 58.8 Å². The van der Waals surface area contributed by atoms with Crippen molar-refractivity contribution in [1.29, 1.82) is 0 Å². The molecule has 0 saturated carbocycles. The van der Waals surface area contributed by atoms with Crippen LogP contribution in [0.25, 0.3) is 5.69 Å². The fourth-order valence-corrected chi connectivity index (χ4v) is 2.10. The number of aromatic nitrogens is 4. The van der Waals surface area contributed by atoms with E-state index in [2.05, 4.69) is 25.6 Å². The van der Waals surface area contributed by atoms with Crippen molar-refractivity contribution in [3.63, 3.8) is 0 Å². The van der Waals surface area contributed by atoms with Gasteiger partial charge in [-0.1, -0.05) is 18.2 Å². The minimum atomic E-state index is -0.504. The number of carbonyl (C=O) groups excluding carboxylic acids is 1. The Balaban J connectivity index is 1.80. The highest BCUT2D eigenvalue weighted by atomic mass is 16.2. The summed E-state index contributed by atoms with van der Waals surface area (Å²) in [6.07, 6.45) is 5.51. The first-order chi connectivity index (χ1) is 11.7. The van der Waals surface area contributed by atoms with Gasteiger partial charge in [0.2, 0.25) is 0 Å². The van der Waals surface area contributed by atoms with Crippen molar-refractivity contribution in [1.82, 2.24) is 25.2 Å². The molecule has 2 aromatic heterocycles. The quantitative estimate of drug-likeness (QED) is 0.553. The molecule has 24 heavy (non-hydrogen) atoms. The SMILES string of the molecule is Cc1[nH]n(-c2ccccc2)c(=O)c1/C=N\NC(=O)c1cnccn1. The van der Waals surface area contributed by atoms with Crippen LogP contribution in [0.2, 0.25) is 0 Å². The molecule has 0 aliphatic carbocycles. The third-order valence-corrected chi connectivity index (χ3v) is 3.29. The van der Waals surface area contributed by atoms with E-state index in [-0.39, 0.29) is 11.3 Å². The molecule has 3 aromatic rings. The molecule has 0 unspecified atom stereocenters. The molecule has 0 radical (unpaired) electrons. The van der Waals surface area contributed by atoms with Crippen LogP contribution >= 0.6 is 0 Å². The maximum Gasteiger partial charge on any atom is 0.291 e. The number of nitrogens with one attached hydrogen (secondary N) is 2. The summed E-state index contributed by atoms with van der Waals surface area (Å²) in [5, 5.41) is 6.80. The van der Waals surface area contributed by atoms with Gasteiger partial charge in [-0.25, -0.2) is 15.1 Å². The van der Waals surface area contributed by atoms with Crippen LogP contribution in [0.1, 0.15) is 21.7 Å². The van der Waals surface area contributed by atoms with Gasteiger partial charge in [0.05, 0.1) is 23.7 Å². The average Bonchev–Trinajstić information content (AvgIpc) is 2.91. The Hall–Kier alpha value is -3.55. The van der Waals surface area contributed by atoms with Crippen molar-refractivity contribution in [2.75, 3.05) is 0 Å². The lowest BCUT2D eigenvalue weighted by Crippen LogP contribution is -2.21. The summed E-state index contributed by atoms with van der Waals surface area (Å²) in [5.74, 6) is -0.504.